The summed E-state index contributed by atoms with van der Waals surface area (Å²) in [6.07, 6.45) is -12.8. The number of nitro groups is 1. The number of nitro benzene ring substituents is 1. The van der Waals surface area contributed by atoms with E-state index < -0.39 is 47.7 Å². The van der Waals surface area contributed by atoms with Crippen LogP contribution in [0.2, 0.25) is 0 Å². The molecule has 1 N–H and O–H groups in total. The van der Waals surface area contributed by atoms with E-state index in [2.05, 4.69) is 4.74 Å². The Balaban J connectivity index is 3.32. The molecule has 1 aromatic carbocycles. The molecule has 0 aliphatic heterocycles. The SMILES string of the molecule is Cc1ccc([N+](=O)[O-])cc1NS(=O)(=O)C(F)(F)C(F)(F)OC(F)(F)C(F)(F)I. The van der Waals surface area contributed by atoms with Gasteiger partial charge in [-0.1, -0.05) is 6.07 Å². The van der Waals surface area contributed by atoms with E-state index in [0.29, 0.717) is 6.07 Å². The molecule has 0 unspecified atom stereocenters. The Hall–Kier alpha value is -1.50. The molecule has 1 rings (SSSR count). The second kappa shape index (κ2) is 7.39. The first-order valence-corrected chi connectivity index (χ1v) is 8.99. The van der Waals surface area contributed by atoms with Crippen LogP contribution < -0.4 is 4.72 Å². The van der Waals surface area contributed by atoms with E-state index >= 15 is 0 Å². The van der Waals surface area contributed by atoms with E-state index in [1.807, 2.05) is 0 Å². The van der Waals surface area contributed by atoms with Crippen molar-refractivity contribution in [1.82, 2.24) is 0 Å². The number of halogens is 9. The van der Waals surface area contributed by atoms with Crippen molar-refractivity contribution < 1.29 is 53.2 Å². The van der Waals surface area contributed by atoms with Gasteiger partial charge in [0.1, 0.15) is 0 Å². The van der Waals surface area contributed by atoms with Crippen LogP contribution in [0.3, 0.4) is 0 Å². The van der Waals surface area contributed by atoms with E-state index in [0.717, 1.165) is 23.8 Å². The lowest BCUT2D eigenvalue weighted by atomic mass is 10.2. The lowest BCUT2D eigenvalue weighted by molar-refractivity contribution is -0.438. The Bertz CT molecular complexity index is 874. The van der Waals surface area contributed by atoms with Crippen molar-refractivity contribution in [1.29, 1.82) is 0 Å². The number of hydrogen-bond donors (Lipinski definition) is 1. The monoisotopic (exact) mass is 558 g/mol. The molecule has 0 aromatic heterocycles. The highest BCUT2D eigenvalue weighted by Gasteiger charge is 2.73. The first-order valence-electron chi connectivity index (χ1n) is 6.43. The summed E-state index contributed by atoms with van der Waals surface area (Å²) in [6, 6.07) is 2.08. The van der Waals surface area contributed by atoms with E-state index in [-0.39, 0.29) is 28.2 Å². The van der Waals surface area contributed by atoms with Gasteiger partial charge < -0.3 is 0 Å². The Morgan fingerprint density at radius 1 is 1.07 bits per heavy atom. The van der Waals surface area contributed by atoms with E-state index in [1.54, 1.807) is 0 Å². The predicted octanol–water partition coefficient (Wildman–Crippen LogP) is 4.47. The maximum absolute atomic E-state index is 13.7. The quantitative estimate of drug-likeness (QED) is 0.167. The van der Waals surface area contributed by atoms with Crippen molar-refractivity contribution in [2.75, 3.05) is 4.72 Å². The van der Waals surface area contributed by atoms with Gasteiger partial charge in [-0.2, -0.15) is 43.5 Å². The summed E-state index contributed by atoms with van der Waals surface area (Å²) in [5, 5.41) is 4.14. The summed E-state index contributed by atoms with van der Waals surface area (Å²) in [6.45, 7) is 1.04. The topological polar surface area (TPSA) is 98.5 Å². The molecule has 28 heavy (non-hydrogen) atoms. The molecule has 0 heterocycles. The molecule has 0 radical (unpaired) electrons. The maximum atomic E-state index is 13.7. The van der Waals surface area contributed by atoms with E-state index in [4.69, 9.17) is 0 Å². The molecule has 160 valence electrons. The normalized spacial score (nSPS) is 14.1. The van der Waals surface area contributed by atoms with Crippen molar-refractivity contribution in [3.8, 4) is 0 Å². The highest BCUT2D eigenvalue weighted by Crippen LogP contribution is 2.49. The van der Waals surface area contributed by atoms with Crippen molar-refractivity contribution >= 4 is 44.0 Å². The number of anilines is 1. The smallest absolute Gasteiger partial charge is 0.278 e. The Morgan fingerprint density at radius 3 is 2.00 bits per heavy atom. The third kappa shape index (κ3) is 4.73. The average Bonchev–Trinajstić information content (AvgIpc) is 2.46. The number of aryl methyl sites for hydroxylation is 1. The molecule has 0 fully saturated rings. The zero-order valence-corrected chi connectivity index (χ0v) is 16.0. The van der Waals surface area contributed by atoms with Gasteiger partial charge in [-0.05, 0) is 12.5 Å². The second-order valence-electron chi connectivity index (χ2n) is 5.01. The first-order chi connectivity index (χ1) is 12.3. The molecule has 7 nitrogen and oxygen atoms in total. The van der Waals surface area contributed by atoms with Gasteiger partial charge in [0.05, 0.1) is 10.6 Å². The lowest BCUT2D eigenvalue weighted by Crippen LogP contribution is -2.56. The predicted molar refractivity (Wildman–Crippen MR) is 85.3 cm³/mol. The molecule has 0 bridgehead atoms. The largest absolute Gasteiger partial charge is 0.453 e. The van der Waals surface area contributed by atoms with Gasteiger partial charge in [-0.25, -0.2) is 4.74 Å². The molecule has 17 heteroatoms. The van der Waals surface area contributed by atoms with Gasteiger partial charge in [0.25, 0.3) is 5.69 Å². The molecule has 0 amide bonds. The maximum Gasteiger partial charge on any atom is 0.453 e. The first kappa shape index (κ1) is 24.5. The van der Waals surface area contributed by atoms with Crippen molar-refractivity contribution in [3.05, 3.63) is 33.9 Å². The summed E-state index contributed by atoms with van der Waals surface area (Å²) in [5.74, 6) is 0. The van der Waals surface area contributed by atoms with Crippen LogP contribution in [0, 0.1) is 17.0 Å². The fourth-order valence-corrected chi connectivity index (χ4v) is 2.58. The van der Waals surface area contributed by atoms with Crippen molar-refractivity contribution in [2.24, 2.45) is 0 Å². The number of ether oxygens (including phenoxy) is 1. The second-order valence-corrected chi connectivity index (χ2v) is 8.09. The Labute approximate surface area is 164 Å². The minimum absolute atomic E-state index is 0.252. The fourth-order valence-electron chi connectivity index (χ4n) is 1.48. The van der Waals surface area contributed by atoms with Crippen LogP contribution in [0.4, 0.5) is 46.5 Å². The van der Waals surface area contributed by atoms with Gasteiger partial charge in [0.2, 0.25) is 0 Å². The van der Waals surface area contributed by atoms with Gasteiger partial charge in [-0.3, -0.25) is 14.8 Å². The minimum atomic E-state index is -6.62. The van der Waals surface area contributed by atoms with E-state index in [9.17, 15) is 53.7 Å². The summed E-state index contributed by atoms with van der Waals surface area (Å²) in [4.78, 5) is 9.55. The minimum Gasteiger partial charge on any atom is -0.278 e. The standard InChI is InChI=1S/C11H7F8IN2O5S/c1-5-2-3-6(22(23)24)4-7(5)21-28(25,26)11(18,19)10(16,17)27-9(14,15)8(12,13)20/h2-4,21H,1H3. The number of sulfonamides is 1. The molecular formula is C11H7F8IN2O5S. The molecule has 0 spiro atoms. The summed E-state index contributed by atoms with van der Waals surface area (Å²) < 4.78 is 126. The number of non-ortho nitro benzene ring substituents is 1. The van der Waals surface area contributed by atoms with Gasteiger partial charge in [-0.15, -0.1) is 0 Å². The fraction of sp³-hybridized carbons (Fsp3) is 0.455. The summed E-state index contributed by atoms with van der Waals surface area (Å²) in [7, 11) is -6.62. The summed E-state index contributed by atoms with van der Waals surface area (Å²) >= 11 is -0.374. The molecule has 0 aliphatic carbocycles. The van der Waals surface area contributed by atoms with Crippen LogP contribution in [-0.2, 0) is 14.8 Å². The Morgan fingerprint density at radius 2 is 1.57 bits per heavy atom. The molecule has 0 saturated heterocycles. The van der Waals surface area contributed by atoms with Crippen LogP contribution in [0.5, 0.6) is 0 Å². The van der Waals surface area contributed by atoms with Crippen molar-refractivity contribution in [3.63, 3.8) is 0 Å². The average molecular weight is 558 g/mol. The van der Waals surface area contributed by atoms with Gasteiger partial charge >= 0.3 is 31.4 Å². The Kier molecular flexibility index (Phi) is 6.48. The number of benzene rings is 1. The molecule has 1 aromatic rings. The third-order valence-corrected chi connectivity index (χ3v) is 4.97. The molecular weight excluding hydrogens is 551 g/mol. The number of hydrogen-bond acceptors (Lipinski definition) is 5. The number of nitrogens with zero attached hydrogens (tertiary/aromatic N) is 1. The van der Waals surface area contributed by atoms with Gasteiger partial charge in [0, 0.05) is 34.7 Å². The molecule has 0 saturated carbocycles. The van der Waals surface area contributed by atoms with Crippen LogP contribution >= 0.6 is 22.6 Å². The van der Waals surface area contributed by atoms with Crippen molar-refractivity contribution in [2.45, 2.75) is 28.3 Å². The van der Waals surface area contributed by atoms with Crippen LogP contribution in [0.15, 0.2) is 18.2 Å². The molecule has 0 aliphatic rings. The van der Waals surface area contributed by atoms with E-state index in [1.165, 1.54) is 0 Å². The lowest BCUT2D eigenvalue weighted by Gasteiger charge is -2.30. The summed E-state index contributed by atoms with van der Waals surface area (Å²) in [5.41, 5.74) is -2.04. The molecule has 0 atom stereocenters. The third-order valence-electron chi connectivity index (χ3n) is 2.94. The highest BCUT2D eigenvalue weighted by molar-refractivity contribution is 14.1. The highest BCUT2D eigenvalue weighted by atomic mass is 127. The van der Waals surface area contributed by atoms with Crippen LogP contribution in [-0.4, -0.2) is 34.7 Å². The zero-order chi connectivity index (χ0) is 22.3. The number of alkyl halides is 9. The van der Waals surface area contributed by atoms with Crippen LogP contribution in [0.1, 0.15) is 5.56 Å². The van der Waals surface area contributed by atoms with Gasteiger partial charge in [0.15, 0.2) is 0 Å². The number of rotatable bonds is 8. The van der Waals surface area contributed by atoms with Crippen LogP contribution in [0.25, 0.3) is 0 Å². The number of nitrogens with one attached hydrogen (secondary N) is 1. The zero-order valence-electron chi connectivity index (χ0n) is 13.0.